The average molecular weight is 425 g/mol. The summed E-state index contributed by atoms with van der Waals surface area (Å²) in [6.07, 6.45) is 0. The lowest BCUT2D eigenvalue weighted by Crippen LogP contribution is -2.27. The van der Waals surface area contributed by atoms with Crippen LogP contribution < -0.4 is 9.46 Å². The van der Waals surface area contributed by atoms with Crippen LogP contribution in [-0.2, 0) is 16.6 Å². The van der Waals surface area contributed by atoms with E-state index in [1.54, 1.807) is 62.4 Å². The van der Waals surface area contributed by atoms with Gasteiger partial charge < -0.3 is 9.64 Å². The first-order chi connectivity index (χ1) is 14.3. The van der Waals surface area contributed by atoms with Crippen molar-refractivity contribution < 1.29 is 17.9 Å². The number of methoxy groups -OCH3 is 1. The molecule has 0 spiro atoms. The van der Waals surface area contributed by atoms with Crippen molar-refractivity contribution in [3.8, 4) is 5.75 Å². The van der Waals surface area contributed by atoms with Crippen molar-refractivity contribution in [1.29, 1.82) is 0 Å². The highest BCUT2D eigenvalue weighted by molar-refractivity contribution is 7.92. The van der Waals surface area contributed by atoms with Crippen LogP contribution >= 0.6 is 0 Å². The Morgan fingerprint density at radius 2 is 1.63 bits per heavy atom. The fourth-order valence-corrected chi connectivity index (χ4v) is 4.29. The van der Waals surface area contributed by atoms with Gasteiger partial charge in [-0.05, 0) is 42.8 Å². The number of hydrogen-bond acceptors (Lipinski definition) is 4. The topological polar surface area (TPSA) is 75.7 Å². The summed E-state index contributed by atoms with van der Waals surface area (Å²) >= 11 is 0. The zero-order valence-electron chi connectivity index (χ0n) is 17.1. The second-order valence-electron chi connectivity index (χ2n) is 6.87. The summed E-state index contributed by atoms with van der Waals surface area (Å²) in [5, 5.41) is 0. The molecule has 1 amide bonds. The molecular formula is C23H24N2O4S. The number of nitrogens with zero attached hydrogens (tertiary/aromatic N) is 1. The maximum Gasteiger partial charge on any atom is 0.261 e. The summed E-state index contributed by atoms with van der Waals surface area (Å²) in [7, 11) is -0.454. The van der Waals surface area contributed by atoms with Gasteiger partial charge in [-0.25, -0.2) is 8.42 Å². The number of sulfonamides is 1. The molecular weight excluding hydrogens is 400 g/mol. The van der Waals surface area contributed by atoms with Crippen LogP contribution in [0.5, 0.6) is 5.75 Å². The number of para-hydroxylation sites is 1. The molecule has 3 rings (SSSR count). The van der Waals surface area contributed by atoms with E-state index in [2.05, 4.69) is 4.72 Å². The number of benzene rings is 3. The number of hydrogen-bond donors (Lipinski definition) is 1. The van der Waals surface area contributed by atoms with Crippen LogP contribution in [0.4, 0.5) is 5.69 Å². The Kier molecular flexibility index (Phi) is 6.42. The van der Waals surface area contributed by atoms with E-state index in [1.165, 1.54) is 12.1 Å². The highest BCUT2D eigenvalue weighted by Gasteiger charge is 2.20. The number of nitrogens with one attached hydrogen (secondary N) is 1. The summed E-state index contributed by atoms with van der Waals surface area (Å²) < 4.78 is 33.3. The van der Waals surface area contributed by atoms with E-state index < -0.39 is 10.0 Å². The van der Waals surface area contributed by atoms with Crippen molar-refractivity contribution >= 4 is 21.6 Å². The molecule has 0 saturated carbocycles. The van der Waals surface area contributed by atoms with E-state index in [-0.39, 0.29) is 10.8 Å². The average Bonchev–Trinajstić information content (AvgIpc) is 2.75. The van der Waals surface area contributed by atoms with Gasteiger partial charge in [-0.1, -0.05) is 42.5 Å². The molecule has 0 bridgehead atoms. The van der Waals surface area contributed by atoms with E-state index in [4.69, 9.17) is 4.74 Å². The molecule has 7 heteroatoms. The van der Waals surface area contributed by atoms with Crippen LogP contribution in [-0.4, -0.2) is 33.4 Å². The van der Waals surface area contributed by atoms with Gasteiger partial charge in [-0.15, -0.1) is 0 Å². The summed E-state index contributed by atoms with van der Waals surface area (Å²) in [5.74, 6) is 0.498. The smallest absolute Gasteiger partial charge is 0.261 e. The van der Waals surface area contributed by atoms with Crippen LogP contribution in [0.15, 0.2) is 77.7 Å². The summed E-state index contributed by atoms with van der Waals surface area (Å²) in [5.41, 5.74) is 2.25. The molecule has 3 aromatic rings. The third kappa shape index (κ3) is 4.63. The van der Waals surface area contributed by atoms with Gasteiger partial charge in [0.1, 0.15) is 5.75 Å². The predicted molar refractivity (Wildman–Crippen MR) is 117 cm³/mol. The number of amides is 1. The van der Waals surface area contributed by atoms with Gasteiger partial charge in [-0.3, -0.25) is 9.52 Å². The molecule has 0 atom stereocenters. The molecule has 3 aromatic carbocycles. The van der Waals surface area contributed by atoms with E-state index in [1.807, 2.05) is 24.3 Å². The molecule has 0 heterocycles. The quantitative estimate of drug-likeness (QED) is 0.620. The van der Waals surface area contributed by atoms with Gasteiger partial charge in [0.25, 0.3) is 15.9 Å². The zero-order chi connectivity index (χ0) is 21.7. The maximum absolute atomic E-state index is 13.1. The van der Waals surface area contributed by atoms with Crippen molar-refractivity contribution in [2.75, 3.05) is 18.9 Å². The largest absolute Gasteiger partial charge is 0.496 e. The molecule has 0 aliphatic carbocycles. The highest BCUT2D eigenvalue weighted by atomic mass is 32.2. The first-order valence-corrected chi connectivity index (χ1v) is 10.9. The van der Waals surface area contributed by atoms with E-state index in [9.17, 15) is 13.2 Å². The predicted octanol–water partition coefficient (Wildman–Crippen LogP) is 4.08. The van der Waals surface area contributed by atoms with Gasteiger partial charge in [0, 0.05) is 24.7 Å². The van der Waals surface area contributed by atoms with Gasteiger partial charge in [-0.2, -0.15) is 0 Å². The van der Waals surface area contributed by atoms with Gasteiger partial charge >= 0.3 is 0 Å². The van der Waals surface area contributed by atoms with Crippen LogP contribution in [0.2, 0.25) is 0 Å². The van der Waals surface area contributed by atoms with Crippen molar-refractivity contribution in [1.82, 2.24) is 4.90 Å². The van der Waals surface area contributed by atoms with Crippen LogP contribution in [0, 0.1) is 6.92 Å². The molecule has 0 saturated heterocycles. The summed E-state index contributed by atoms with van der Waals surface area (Å²) in [4.78, 5) is 14.8. The second-order valence-corrected chi connectivity index (χ2v) is 8.55. The monoisotopic (exact) mass is 424 g/mol. The third-order valence-corrected chi connectivity index (χ3v) is 6.19. The Bertz CT molecular complexity index is 1140. The number of ether oxygens (including phenoxy) is 1. The first-order valence-electron chi connectivity index (χ1n) is 9.38. The van der Waals surface area contributed by atoms with Crippen LogP contribution in [0.3, 0.4) is 0 Å². The molecule has 0 radical (unpaired) electrons. The Hall–Kier alpha value is -3.32. The van der Waals surface area contributed by atoms with Crippen molar-refractivity contribution in [3.63, 3.8) is 0 Å². The molecule has 156 valence electrons. The maximum atomic E-state index is 13.1. The van der Waals surface area contributed by atoms with E-state index in [0.717, 1.165) is 5.56 Å². The van der Waals surface area contributed by atoms with Crippen LogP contribution in [0.25, 0.3) is 0 Å². The lowest BCUT2D eigenvalue weighted by molar-refractivity contribution is 0.0783. The fraction of sp³-hybridized carbons (Fsp3) is 0.174. The lowest BCUT2D eigenvalue weighted by atomic mass is 10.1. The second kappa shape index (κ2) is 9.00. The molecule has 0 unspecified atom stereocenters. The summed E-state index contributed by atoms with van der Waals surface area (Å²) in [6, 6.07) is 20.6. The Morgan fingerprint density at radius 3 is 2.33 bits per heavy atom. The number of rotatable bonds is 7. The molecule has 1 N–H and O–H groups in total. The van der Waals surface area contributed by atoms with Crippen LogP contribution in [0.1, 0.15) is 21.5 Å². The minimum atomic E-state index is -3.75. The van der Waals surface area contributed by atoms with Gasteiger partial charge in [0.2, 0.25) is 0 Å². The number of carbonyl (C=O) groups excluding carboxylic acids is 1. The lowest BCUT2D eigenvalue weighted by Gasteiger charge is -2.21. The zero-order valence-corrected chi connectivity index (χ0v) is 17.9. The fourth-order valence-electron chi connectivity index (χ4n) is 3.15. The first kappa shape index (κ1) is 21.4. The third-order valence-electron chi connectivity index (χ3n) is 4.81. The van der Waals surface area contributed by atoms with E-state index in [0.29, 0.717) is 29.1 Å². The number of carbonyl (C=O) groups is 1. The van der Waals surface area contributed by atoms with E-state index >= 15 is 0 Å². The van der Waals surface area contributed by atoms with Crippen molar-refractivity contribution in [2.24, 2.45) is 0 Å². The molecule has 0 aliphatic rings. The van der Waals surface area contributed by atoms with Crippen molar-refractivity contribution in [3.05, 3.63) is 89.5 Å². The molecule has 30 heavy (non-hydrogen) atoms. The van der Waals surface area contributed by atoms with Crippen molar-refractivity contribution in [2.45, 2.75) is 18.4 Å². The SMILES string of the molecule is COc1ccccc1CN(C)C(=O)c1cccc(NS(=O)(=O)c2ccccc2)c1C. The molecule has 0 aromatic heterocycles. The molecule has 0 fully saturated rings. The van der Waals surface area contributed by atoms with Gasteiger partial charge in [0.15, 0.2) is 0 Å². The minimum Gasteiger partial charge on any atom is -0.496 e. The molecule has 0 aliphatic heterocycles. The summed E-state index contributed by atoms with van der Waals surface area (Å²) in [6.45, 7) is 2.09. The normalized spacial score (nSPS) is 11.0. The van der Waals surface area contributed by atoms with Gasteiger partial charge in [0.05, 0.1) is 17.7 Å². The number of anilines is 1. The highest BCUT2D eigenvalue weighted by Crippen LogP contribution is 2.25. The molecule has 6 nitrogen and oxygen atoms in total. The Labute approximate surface area is 177 Å². The Morgan fingerprint density at radius 1 is 0.967 bits per heavy atom. The Balaban J connectivity index is 1.84. The standard InChI is InChI=1S/C23H24N2O4S/c1-17-20(23(26)25(2)16-18-10-7-8-15-22(18)29-3)13-9-14-21(17)24-30(27,28)19-11-5-4-6-12-19/h4-15,24H,16H2,1-3H3. The minimum absolute atomic E-state index is 0.162.